The lowest BCUT2D eigenvalue weighted by Crippen LogP contribution is -2.49. The van der Waals surface area contributed by atoms with E-state index in [0.717, 1.165) is 0 Å². The molecule has 0 aromatic heterocycles. The van der Waals surface area contributed by atoms with E-state index in [1.54, 1.807) is 0 Å². The van der Waals surface area contributed by atoms with Gasteiger partial charge in [-0.05, 0) is 6.42 Å². The standard InChI is InChI=1S/C12H22N4O6S/c13-3-4-23-6-8(11(20)15-5-10(18)19)16-9(17)2-1-7(14)12(21)22/h7-8H,1-6,13-14H2,(H,15,20)(H,16,17)(H,18,19)(H,21,22)/t7-,8-/m0/s1. The highest BCUT2D eigenvalue weighted by atomic mass is 32.2. The lowest BCUT2D eigenvalue weighted by molar-refractivity contribution is -0.139. The number of carbonyl (C=O) groups is 4. The van der Waals surface area contributed by atoms with Crippen molar-refractivity contribution in [2.45, 2.75) is 24.9 Å². The van der Waals surface area contributed by atoms with Gasteiger partial charge in [-0.25, -0.2) is 0 Å². The number of thioether (sulfide) groups is 1. The number of hydrogen-bond acceptors (Lipinski definition) is 7. The number of amides is 2. The quantitative estimate of drug-likeness (QED) is 0.208. The Morgan fingerprint density at radius 2 is 1.83 bits per heavy atom. The van der Waals surface area contributed by atoms with Gasteiger partial charge in [-0.1, -0.05) is 0 Å². The minimum absolute atomic E-state index is 0.0689. The molecule has 0 heterocycles. The van der Waals surface area contributed by atoms with Crippen molar-refractivity contribution in [3.05, 3.63) is 0 Å². The van der Waals surface area contributed by atoms with Crippen molar-refractivity contribution in [1.29, 1.82) is 0 Å². The van der Waals surface area contributed by atoms with E-state index < -0.39 is 42.4 Å². The van der Waals surface area contributed by atoms with Crippen molar-refractivity contribution < 1.29 is 29.4 Å². The van der Waals surface area contributed by atoms with Crippen LogP contribution in [-0.2, 0) is 19.2 Å². The third-order valence-corrected chi connectivity index (χ3v) is 3.71. The molecular weight excluding hydrogens is 328 g/mol. The first-order valence-electron chi connectivity index (χ1n) is 6.83. The molecule has 0 aliphatic rings. The predicted octanol–water partition coefficient (Wildman–Crippen LogP) is -2.44. The van der Waals surface area contributed by atoms with Crippen LogP contribution in [0.2, 0.25) is 0 Å². The zero-order valence-electron chi connectivity index (χ0n) is 12.5. The molecule has 0 aliphatic carbocycles. The van der Waals surface area contributed by atoms with Gasteiger partial charge in [-0.15, -0.1) is 0 Å². The van der Waals surface area contributed by atoms with Gasteiger partial charge < -0.3 is 32.3 Å². The van der Waals surface area contributed by atoms with Crippen LogP contribution in [0.4, 0.5) is 0 Å². The summed E-state index contributed by atoms with van der Waals surface area (Å²) in [5, 5.41) is 21.8. The van der Waals surface area contributed by atoms with Crippen molar-refractivity contribution in [3.63, 3.8) is 0 Å². The van der Waals surface area contributed by atoms with E-state index in [1.165, 1.54) is 11.8 Å². The van der Waals surface area contributed by atoms with E-state index >= 15 is 0 Å². The van der Waals surface area contributed by atoms with Gasteiger partial charge in [-0.2, -0.15) is 11.8 Å². The molecule has 0 bridgehead atoms. The predicted molar refractivity (Wildman–Crippen MR) is 83.8 cm³/mol. The Hall–Kier alpha value is -1.85. The molecule has 10 nitrogen and oxygen atoms in total. The van der Waals surface area contributed by atoms with Gasteiger partial charge in [0.1, 0.15) is 18.6 Å². The second kappa shape index (κ2) is 11.7. The third-order valence-electron chi connectivity index (χ3n) is 2.61. The fourth-order valence-corrected chi connectivity index (χ4v) is 2.23. The maximum Gasteiger partial charge on any atom is 0.322 e. The van der Waals surface area contributed by atoms with Crippen molar-refractivity contribution in [2.75, 3.05) is 24.6 Å². The molecule has 0 radical (unpaired) electrons. The zero-order chi connectivity index (χ0) is 17.8. The molecule has 0 spiro atoms. The maximum atomic E-state index is 11.9. The lowest BCUT2D eigenvalue weighted by atomic mass is 10.1. The number of aliphatic carboxylic acids is 2. The van der Waals surface area contributed by atoms with Crippen LogP contribution in [0, 0.1) is 0 Å². The van der Waals surface area contributed by atoms with Crippen molar-refractivity contribution in [1.82, 2.24) is 10.6 Å². The number of nitrogens with two attached hydrogens (primary N) is 2. The van der Waals surface area contributed by atoms with Crippen LogP contribution in [0.1, 0.15) is 12.8 Å². The molecule has 8 N–H and O–H groups in total. The highest BCUT2D eigenvalue weighted by Gasteiger charge is 2.22. The minimum Gasteiger partial charge on any atom is -0.480 e. The molecule has 2 amide bonds. The van der Waals surface area contributed by atoms with Crippen LogP contribution in [0.15, 0.2) is 0 Å². The molecule has 11 heteroatoms. The summed E-state index contributed by atoms with van der Waals surface area (Å²) in [5.74, 6) is -2.79. The van der Waals surface area contributed by atoms with Gasteiger partial charge in [0.05, 0.1) is 0 Å². The fraction of sp³-hybridized carbons (Fsp3) is 0.667. The molecule has 0 aromatic carbocycles. The smallest absolute Gasteiger partial charge is 0.322 e. The van der Waals surface area contributed by atoms with Gasteiger partial charge in [0.25, 0.3) is 0 Å². The van der Waals surface area contributed by atoms with E-state index in [-0.39, 0.29) is 18.6 Å². The Balaban J connectivity index is 4.48. The van der Waals surface area contributed by atoms with Crippen LogP contribution in [-0.4, -0.2) is 70.6 Å². The van der Waals surface area contributed by atoms with Gasteiger partial charge >= 0.3 is 11.9 Å². The van der Waals surface area contributed by atoms with Crippen molar-refractivity contribution in [2.24, 2.45) is 11.5 Å². The molecular formula is C12H22N4O6S. The molecule has 0 rings (SSSR count). The Morgan fingerprint density at radius 1 is 1.17 bits per heavy atom. The molecule has 132 valence electrons. The summed E-state index contributed by atoms with van der Waals surface area (Å²) in [6.07, 6.45) is -0.224. The van der Waals surface area contributed by atoms with E-state index in [1.807, 2.05) is 0 Å². The summed E-state index contributed by atoms with van der Waals surface area (Å²) in [4.78, 5) is 44.7. The van der Waals surface area contributed by atoms with E-state index in [2.05, 4.69) is 10.6 Å². The largest absolute Gasteiger partial charge is 0.480 e. The third kappa shape index (κ3) is 10.5. The summed E-state index contributed by atoms with van der Waals surface area (Å²) in [6, 6.07) is -2.09. The van der Waals surface area contributed by atoms with E-state index in [0.29, 0.717) is 12.3 Å². The average Bonchev–Trinajstić information content (AvgIpc) is 2.49. The topological polar surface area (TPSA) is 185 Å². The summed E-state index contributed by atoms with van der Waals surface area (Å²) >= 11 is 1.33. The zero-order valence-corrected chi connectivity index (χ0v) is 13.3. The van der Waals surface area contributed by atoms with Crippen LogP contribution in [0.5, 0.6) is 0 Å². The molecule has 0 fully saturated rings. The summed E-state index contributed by atoms with van der Waals surface area (Å²) in [7, 11) is 0. The number of hydrogen-bond donors (Lipinski definition) is 6. The number of carbonyl (C=O) groups excluding carboxylic acids is 2. The van der Waals surface area contributed by atoms with Crippen molar-refractivity contribution >= 4 is 35.5 Å². The van der Waals surface area contributed by atoms with Crippen LogP contribution in [0.3, 0.4) is 0 Å². The van der Waals surface area contributed by atoms with Gasteiger partial charge in [0, 0.05) is 24.5 Å². The number of rotatable bonds is 12. The van der Waals surface area contributed by atoms with Crippen molar-refractivity contribution in [3.8, 4) is 0 Å². The first-order valence-corrected chi connectivity index (χ1v) is 7.98. The first-order chi connectivity index (χ1) is 10.8. The Morgan fingerprint density at radius 3 is 2.35 bits per heavy atom. The Labute approximate surface area is 137 Å². The minimum atomic E-state index is -1.22. The maximum absolute atomic E-state index is 11.9. The van der Waals surface area contributed by atoms with E-state index in [4.69, 9.17) is 21.7 Å². The number of nitrogens with one attached hydrogen (secondary N) is 2. The summed E-state index contributed by atoms with van der Waals surface area (Å²) < 4.78 is 0. The molecule has 0 saturated carbocycles. The van der Waals surface area contributed by atoms with Gasteiger partial charge in [-0.3, -0.25) is 19.2 Å². The van der Waals surface area contributed by atoms with E-state index in [9.17, 15) is 19.2 Å². The number of carboxylic acids is 2. The number of carboxylic acid groups (broad SMARTS) is 2. The monoisotopic (exact) mass is 350 g/mol. The molecule has 0 aromatic rings. The van der Waals surface area contributed by atoms with Gasteiger partial charge in [0.15, 0.2) is 0 Å². The summed E-state index contributed by atoms with van der Waals surface area (Å²) in [6.45, 7) is -0.161. The van der Waals surface area contributed by atoms with Crippen LogP contribution in [0.25, 0.3) is 0 Å². The second-order valence-electron chi connectivity index (χ2n) is 4.58. The lowest BCUT2D eigenvalue weighted by Gasteiger charge is -2.18. The van der Waals surface area contributed by atoms with Crippen LogP contribution >= 0.6 is 11.8 Å². The van der Waals surface area contributed by atoms with Crippen LogP contribution < -0.4 is 22.1 Å². The summed E-state index contributed by atoms with van der Waals surface area (Å²) in [5.41, 5.74) is 10.6. The fourth-order valence-electron chi connectivity index (χ4n) is 1.43. The molecule has 2 atom stereocenters. The normalized spacial score (nSPS) is 13.0. The Kier molecular flexibility index (Phi) is 10.7. The Bertz CT molecular complexity index is 434. The molecule has 0 saturated heterocycles. The molecule has 23 heavy (non-hydrogen) atoms. The molecule has 0 aliphatic heterocycles. The van der Waals surface area contributed by atoms with Gasteiger partial charge in [0.2, 0.25) is 11.8 Å². The first kappa shape index (κ1) is 21.1. The molecule has 0 unspecified atom stereocenters. The highest BCUT2D eigenvalue weighted by molar-refractivity contribution is 7.99. The average molecular weight is 350 g/mol. The second-order valence-corrected chi connectivity index (χ2v) is 5.73. The highest BCUT2D eigenvalue weighted by Crippen LogP contribution is 2.03. The SMILES string of the molecule is NCCSC[C@H](NC(=O)CC[C@H](N)C(=O)O)C(=O)NCC(=O)O.